The first-order valence-corrected chi connectivity index (χ1v) is 8.55. The van der Waals surface area contributed by atoms with Crippen molar-refractivity contribution < 1.29 is 14.3 Å². The number of benzene rings is 1. The van der Waals surface area contributed by atoms with Crippen molar-refractivity contribution in [3.05, 3.63) is 23.3 Å². The van der Waals surface area contributed by atoms with E-state index < -0.39 is 0 Å². The van der Waals surface area contributed by atoms with Gasteiger partial charge in [0.05, 0.1) is 14.2 Å². The molecule has 134 valence electrons. The van der Waals surface area contributed by atoms with Crippen LogP contribution >= 0.6 is 12.4 Å². The Balaban J connectivity index is 0.00000208. The highest BCUT2D eigenvalue weighted by molar-refractivity contribution is 5.85. The SMILES string of the molecule is COc1cc2c(cc1OC)C1CC(=O)C(CC(C)C)CN1CC2.Cl. The molecule has 0 spiro atoms. The molecule has 1 aromatic rings. The summed E-state index contributed by atoms with van der Waals surface area (Å²) in [6, 6.07) is 4.35. The van der Waals surface area contributed by atoms with Gasteiger partial charge in [0.25, 0.3) is 0 Å². The van der Waals surface area contributed by atoms with Gasteiger partial charge in [0.2, 0.25) is 0 Å². The average Bonchev–Trinajstić information content (AvgIpc) is 2.53. The number of hydrogen-bond acceptors (Lipinski definition) is 4. The van der Waals surface area contributed by atoms with E-state index >= 15 is 0 Å². The Labute approximate surface area is 150 Å². The number of ether oxygens (including phenoxy) is 2. The Morgan fingerprint density at radius 3 is 2.50 bits per heavy atom. The summed E-state index contributed by atoms with van der Waals surface area (Å²) in [7, 11) is 3.33. The number of carbonyl (C=O) groups is 1. The highest BCUT2D eigenvalue weighted by Gasteiger charge is 2.38. The van der Waals surface area contributed by atoms with Crippen LogP contribution < -0.4 is 9.47 Å². The molecule has 0 aromatic heterocycles. The van der Waals surface area contributed by atoms with E-state index in [9.17, 15) is 4.79 Å². The number of Topliss-reactive ketones (excluding diaryl/α,β-unsaturated/α-hetero) is 1. The number of fused-ring (bicyclic) bond motifs is 3. The zero-order valence-corrected chi connectivity index (χ0v) is 15.8. The van der Waals surface area contributed by atoms with Gasteiger partial charge in [-0.1, -0.05) is 13.8 Å². The predicted octanol–water partition coefficient (Wildman–Crippen LogP) is 3.66. The molecule has 1 saturated heterocycles. The van der Waals surface area contributed by atoms with Gasteiger partial charge in [-0.15, -0.1) is 12.4 Å². The molecule has 2 atom stereocenters. The number of nitrogens with zero attached hydrogens (tertiary/aromatic N) is 1. The fourth-order valence-electron chi connectivity index (χ4n) is 4.05. The fourth-order valence-corrected chi connectivity index (χ4v) is 4.05. The number of hydrogen-bond donors (Lipinski definition) is 0. The summed E-state index contributed by atoms with van der Waals surface area (Å²) in [4.78, 5) is 15.1. The first-order valence-electron chi connectivity index (χ1n) is 8.55. The van der Waals surface area contributed by atoms with Crippen molar-refractivity contribution in [3.8, 4) is 11.5 Å². The van der Waals surface area contributed by atoms with Gasteiger partial charge in [0.1, 0.15) is 5.78 Å². The molecule has 0 bridgehead atoms. The van der Waals surface area contributed by atoms with Crippen LogP contribution in [0.3, 0.4) is 0 Å². The number of carbonyl (C=O) groups excluding carboxylic acids is 1. The molecular formula is C19H28ClNO3. The average molecular weight is 354 g/mol. The monoisotopic (exact) mass is 353 g/mol. The second-order valence-corrected chi connectivity index (χ2v) is 7.16. The molecule has 1 aromatic carbocycles. The van der Waals surface area contributed by atoms with E-state index in [-0.39, 0.29) is 24.4 Å². The minimum absolute atomic E-state index is 0. The zero-order chi connectivity index (χ0) is 16.6. The molecule has 2 heterocycles. The van der Waals surface area contributed by atoms with Gasteiger partial charge in [-0.2, -0.15) is 0 Å². The van der Waals surface area contributed by atoms with Crippen LogP contribution in [-0.2, 0) is 11.2 Å². The topological polar surface area (TPSA) is 38.8 Å². The quantitative estimate of drug-likeness (QED) is 0.828. The summed E-state index contributed by atoms with van der Waals surface area (Å²) in [6.45, 7) is 6.31. The molecule has 1 fully saturated rings. The van der Waals surface area contributed by atoms with Crippen LogP contribution in [-0.4, -0.2) is 38.0 Å². The molecule has 24 heavy (non-hydrogen) atoms. The van der Waals surface area contributed by atoms with Crippen LogP contribution in [0.1, 0.15) is 43.9 Å². The molecular weight excluding hydrogens is 326 g/mol. The largest absolute Gasteiger partial charge is 0.493 e. The normalized spacial score (nSPS) is 23.3. The smallest absolute Gasteiger partial charge is 0.161 e. The van der Waals surface area contributed by atoms with E-state index in [1.54, 1.807) is 14.2 Å². The Morgan fingerprint density at radius 2 is 1.88 bits per heavy atom. The summed E-state index contributed by atoms with van der Waals surface area (Å²) in [5.74, 6) is 2.72. The first-order chi connectivity index (χ1) is 11.0. The van der Waals surface area contributed by atoms with E-state index in [4.69, 9.17) is 9.47 Å². The lowest BCUT2D eigenvalue weighted by Crippen LogP contribution is -2.46. The molecule has 0 aliphatic carbocycles. The molecule has 4 nitrogen and oxygen atoms in total. The maximum atomic E-state index is 12.6. The van der Waals surface area contributed by atoms with E-state index in [0.717, 1.165) is 37.4 Å². The standard InChI is InChI=1S/C19H27NO3.ClH/c1-12(2)7-14-11-20-6-5-13-8-18(22-3)19(23-4)9-15(13)16(20)10-17(14)21;/h8-9,12,14,16H,5-7,10-11H2,1-4H3;1H. The number of methoxy groups -OCH3 is 2. The van der Waals surface area contributed by atoms with E-state index in [1.807, 2.05) is 0 Å². The van der Waals surface area contributed by atoms with Crippen molar-refractivity contribution >= 4 is 18.2 Å². The summed E-state index contributed by atoms with van der Waals surface area (Å²) < 4.78 is 10.9. The maximum absolute atomic E-state index is 12.6. The second-order valence-electron chi connectivity index (χ2n) is 7.16. The van der Waals surface area contributed by atoms with Crippen LogP contribution in [0, 0.1) is 11.8 Å². The molecule has 2 aliphatic rings. The molecule has 2 unspecified atom stereocenters. The van der Waals surface area contributed by atoms with Crippen LogP contribution in [0.2, 0.25) is 0 Å². The minimum atomic E-state index is 0. The van der Waals surface area contributed by atoms with Crippen LogP contribution in [0.4, 0.5) is 0 Å². The van der Waals surface area contributed by atoms with E-state index in [0.29, 0.717) is 18.1 Å². The fraction of sp³-hybridized carbons (Fsp3) is 0.632. The van der Waals surface area contributed by atoms with Gasteiger partial charge >= 0.3 is 0 Å². The van der Waals surface area contributed by atoms with Gasteiger partial charge in [-0.25, -0.2) is 0 Å². The third-order valence-electron chi connectivity index (χ3n) is 5.17. The Kier molecular flexibility index (Phi) is 6.16. The molecule has 3 rings (SSSR count). The van der Waals surface area contributed by atoms with Crippen LogP contribution in [0.15, 0.2) is 12.1 Å². The third-order valence-corrected chi connectivity index (χ3v) is 5.17. The summed E-state index contributed by atoms with van der Waals surface area (Å²) >= 11 is 0. The van der Waals surface area contributed by atoms with Gasteiger partial charge < -0.3 is 9.47 Å². The second kappa shape index (κ2) is 7.75. The van der Waals surface area contributed by atoms with Crippen molar-refractivity contribution in [2.75, 3.05) is 27.3 Å². The van der Waals surface area contributed by atoms with Crippen molar-refractivity contribution in [1.29, 1.82) is 0 Å². The number of halogens is 1. The van der Waals surface area contributed by atoms with Crippen LogP contribution in [0.25, 0.3) is 0 Å². The Bertz CT molecular complexity index is 603. The number of piperidine rings is 1. The van der Waals surface area contributed by atoms with Gasteiger partial charge in [-0.05, 0) is 42.0 Å². The molecule has 5 heteroatoms. The van der Waals surface area contributed by atoms with E-state index in [1.165, 1.54) is 11.1 Å². The minimum Gasteiger partial charge on any atom is -0.493 e. The van der Waals surface area contributed by atoms with Crippen molar-refractivity contribution in [2.45, 2.75) is 39.2 Å². The van der Waals surface area contributed by atoms with Gasteiger partial charge in [0.15, 0.2) is 11.5 Å². The summed E-state index contributed by atoms with van der Waals surface area (Å²) in [5, 5.41) is 0. The van der Waals surface area contributed by atoms with Gasteiger partial charge in [-0.3, -0.25) is 9.69 Å². The highest BCUT2D eigenvalue weighted by atomic mass is 35.5. The molecule has 2 aliphatic heterocycles. The molecule has 0 radical (unpaired) electrons. The van der Waals surface area contributed by atoms with Crippen molar-refractivity contribution in [1.82, 2.24) is 4.90 Å². The molecule has 0 saturated carbocycles. The first kappa shape index (κ1) is 19.1. The number of ketones is 1. The van der Waals surface area contributed by atoms with Gasteiger partial charge in [0, 0.05) is 31.5 Å². The molecule has 0 amide bonds. The Morgan fingerprint density at radius 1 is 1.21 bits per heavy atom. The lowest BCUT2D eigenvalue weighted by Gasteiger charge is -2.43. The van der Waals surface area contributed by atoms with Crippen molar-refractivity contribution in [2.24, 2.45) is 11.8 Å². The lowest BCUT2D eigenvalue weighted by atomic mass is 9.80. The highest BCUT2D eigenvalue weighted by Crippen LogP contribution is 2.42. The van der Waals surface area contributed by atoms with Crippen LogP contribution in [0.5, 0.6) is 11.5 Å². The maximum Gasteiger partial charge on any atom is 0.161 e. The van der Waals surface area contributed by atoms with Crippen molar-refractivity contribution in [3.63, 3.8) is 0 Å². The predicted molar refractivity (Wildman–Crippen MR) is 97.4 cm³/mol. The third kappa shape index (κ3) is 3.55. The zero-order valence-electron chi connectivity index (χ0n) is 15.0. The lowest BCUT2D eigenvalue weighted by molar-refractivity contribution is -0.129. The van der Waals surface area contributed by atoms with E-state index in [2.05, 4.69) is 30.9 Å². The molecule has 0 N–H and O–H groups in total. The summed E-state index contributed by atoms with van der Waals surface area (Å²) in [5.41, 5.74) is 2.53. The number of rotatable bonds is 4. The summed E-state index contributed by atoms with van der Waals surface area (Å²) in [6.07, 6.45) is 2.63. The Hall–Kier alpha value is -1.26.